The standard InChI is InChI=1S/C8H6BrF3N2O2/c9-5-2-1-3-13-6(5)14-7(15)16-4-8(10,11)12/h1-3H,4H2,(H,13,14,15). The Kier molecular flexibility index (Phi) is 4.11. The first kappa shape index (κ1) is 12.8. The van der Waals surface area contributed by atoms with Crippen LogP contribution in [0, 0.1) is 0 Å². The van der Waals surface area contributed by atoms with Gasteiger partial charge in [0.1, 0.15) is 5.82 Å². The maximum Gasteiger partial charge on any atom is 0.422 e. The number of alkyl halides is 3. The van der Waals surface area contributed by atoms with E-state index >= 15 is 0 Å². The molecule has 1 rings (SSSR count). The van der Waals surface area contributed by atoms with E-state index in [1.807, 2.05) is 0 Å². The van der Waals surface area contributed by atoms with Crippen LogP contribution in [-0.4, -0.2) is 23.9 Å². The van der Waals surface area contributed by atoms with Gasteiger partial charge < -0.3 is 4.74 Å². The first-order chi connectivity index (χ1) is 7.38. The Bertz CT molecular complexity index is 384. The summed E-state index contributed by atoms with van der Waals surface area (Å²) in [6, 6.07) is 3.17. The minimum Gasteiger partial charge on any atom is -0.440 e. The molecule has 0 aromatic carbocycles. The quantitative estimate of drug-likeness (QED) is 0.913. The third kappa shape index (κ3) is 4.47. The van der Waals surface area contributed by atoms with E-state index in [4.69, 9.17) is 0 Å². The number of nitrogens with one attached hydrogen (secondary N) is 1. The highest BCUT2D eigenvalue weighted by Gasteiger charge is 2.29. The maximum absolute atomic E-state index is 11.7. The van der Waals surface area contributed by atoms with Gasteiger partial charge in [0.2, 0.25) is 0 Å². The number of ether oxygens (including phenoxy) is 1. The lowest BCUT2D eigenvalue weighted by molar-refractivity contribution is -0.159. The van der Waals surface area contributed by atoms with Gasteiger partial charge in [0.15, 0.2) is 6.61 Å². The largest absolute Gasteiger partial charge is 0.440 e. The van der Waals surface area contributed by atoms with Crippen LogP contribution in [0.5, 0.6) is 0 Å². The van der Waals surface area contributed by atoms with E-state index in [0.717, 1.165) is 0 Å². The van der Waals surface area contributed by atoms with Crippen molar-refractivity contribution in [3.05, 3.63) is 22.8 Å². The molecule has 0 radical (unpaired) electrons. The molecule has 1 N–H and O–H groups in total. The number of halogens is 4. The zero-order valence-corrected chi connectivity index (χ0v) is 9.30. The molecule has 0 fully saturated rings. The number of anilines is 1. The lowest BCUT2D eigenvalue weighted by atomic mass is 10.5. The topological polar surface area (TPSA) is 51.2 Å². The van der Waals surface area contributed by atoms with Crippen molar-refractivity contribution in [1.29, 1.82) is 0 Å². The summed E-state index contributed by atoms with van der Waals surface area (Å²) in [6.07, 6.45) is -4.38. The van der Waals surface area contributed by atoms with Gasteiger partial charge in [-0.3, -0.25) is 5.32 Å². The van der Waals surface area contributed by atoms with Gasteiger partial charge in [-0.05, 0) is 28.1 Å². The molecule has 1 heterocycles. The van der Waals surface area contributed by atoms with Crippen LogP contribution >= 0.6 is 15.9 Å². The summed E-state index contributed by atoms with van der Waals surface area (Å²) in [4.78, 5) is 14.6. The molecule has 1 amide bonds. The highest BCUT2D eigenvalue weighted by atomic mass is 79.9. The molecule has 0 saturated carbocycles. The highest BCUT2D eigenvalue weighted by molar-refractivity contribution is 9.10. The van der Waals surface area contributed by atoms with Crippen LogP contribution in [0.3, 0.4) is 0 Å². The predicted octanol–water partition coefficient (Wildman–Crippen LogP) is 2.95. The highest BCUT2D eigenvalue weighted by Crippen LogP contribution is 2.19. The first-order valence-corrected chi connectivity index (χ1v) is 4.79. The number of rotatable bonds is 2. The first-order valence-electron chi connectivity index (χ1n) is 3.99. The molecule has 0 atom stereocenters. The van der Waals surface area contributed by atoms with Gasteiger partial charge in [-0.25, -0.2) is 9.78 Å². The van der Waals surface area contributed by atoms with Gasteiger partial charge in [0.25, 0.3) is 0 Å². The van der Waals surface area contributed by atoms with Crippen LogP contribution in [0.2, 0.25) is 0 Å². The van der Waals surface area contributed by atoms with Crippen molar-refractivity contribution in [3.63, 3.8) is 0 Å². The molecule has 4 nitrogen and oxygen atoms in total. The maximum atomic E-state index is 11.7. The molecule has 0 saturated heterocycles. The van der Waals surface area contributed by atoms with E-state index in [2.05, 4.69) is 31.0 Å². The van der Waals surface area contributed by atoms with Crippen molar-refractivity contribution in [1.82, 2.24) is 4.98 Å². The number of nitrogens with zero attached hydrogens (tertiary/aromatic N) is 1. The molecular weight excluding hydrogens is 293 g/mol. The lowest BCUT2D eigenvalue weighted by Crippen LogP contribution is -2.23. The molecule has 16 heavy (non-hydrogen) atoms. The Hall–Kier alpha value is -1.31. The van der Waals surface area contributed by atoms with Crippen molar-refractivity contribution in [3.8, 4) is 0 Å². The fourth-order valence-corrected chi connectivity index (χ4v) is 1.11. The van der Waals surface area contributed by atoms with E-state index in [1.54, 1.807) is 12.1 Å². The Balaban J connectivity index is 2.50. The molecule has 1 aromatic rings. The number of carbonyl (C=O) groups excluding carboxylic acids is 1. The van der Waals surface area contributed by atoms with Crippen LogP contribution in [0.15, 0.2) is 22.8 Å². The molecule has 1 aromatic heterocycles. The summed E-state index contributed by atoms with van der Waals surface area (Å²) in [7, 11) is 0. The Morgan fingerprint density at radius 3 is 2.81 bits per heavy atom. The van der Waals surface area contributed by atoms with Gasteiger partial charge in [-0.2, -0.15) is 13.2 Å². The van der Waals surface area contributed by atoms with Crippen molar-refractivity contribution in [2.75, 3.05) is 11.9 Å². The van der Waals surface area contributed by atoms with Gasteiger partial charge in [0.05, 0.1) is 4.47 Å². The molecule has 0 unspecified atom stereocenters. The van der Waals surface area contributed by atoms with Gasteiger partial charge in [-0.15, -0.1) is 0 Å². The van der Waals surface area contributed by atoms with Crippen LogP contribution in [0.4, 0.5) is 23.8 Å². The Morgan fingerprint density at radius 1 is 1.56 bits per heavy atom. The smallest absolute Gasteiger partial charge is 0.422 e. The van der Waals surface area contributed by atoms with Crippen molar-refractivity contribution < 1.29 is 22.7 Å². The third-order valence-corrected chi connectivity index (χ3v) is 1.99. The minimum absolute atomic E-state index is 0.0923. The number of amides is 1. The normalized spacial score (nSPS) is 11.0. The van der Waals surface area contributed by atoms with Crippen molar-refractivity contribution >= 4 is 27.8 Å². The zero-order chi connectivity index (χ0) is 12.2. The second-order valence-corrected chi connectivity index (χ2v) is 3.50. The SMILES string of the molecule is O=C(Nc1ncccc1Br)OCC(F)(F)F. The van der Waals surface area contributed by atoms with E-state index in [1.165, 1.54) is 6.20 Å². The van der Waals surface area contributed by atoms with Crippen molar-refractivity contribution in [2.24, 2.45) is 0 Å². The predicted molar refractivity (Wildman–Crippen MR) is 53.0 cm³/mol. The Morgan fingerprint density at radius 2 is 2.25 bits per heavy atom. The number of hydrogen-bond acceptors (Lipinski definition) is 3. The Labute approximate surface area is 96.9 Å². The van der Waals surface area contributed by atoms with E-state index < -0.39 is 18.9 Å². The second-order valence-electron chi connectivity index (χ2n) is 2.65. The number of carbonyl (C=O) groups is 1. The fraction of sp³-hybridized carbons (Fsp3) is 0.250. The van der Waals surface area contributed by atoms with Crippen LogP contribution in [0.1, 0.15) is 0 Å². The van der Waals surface area contributed by atoms with Crippen LogP contribution < -0.4 is 5.32 Å². The van der Waals surface area contributed by atoms with Crippen LogP contribution in [-0.2, 0) is 4.74 Å². The summed E-state index contributed by atoms with van der Waals surface area (Å²) in [5.74, 6) is 0.0923. The molecule has 0 bridgehead atoms. The molecular formula is C8H6BrF3N2O2. The lowest BCUT2D eigenvalue weighted by Gasteiger charge is -2.09. The second kappa shape index (κ2) is 5.15. The van der Waals surface area contributed by atoms with E-state index in [0.29, 0.717) is 4.47 Å². The average Bonchev–Trinajstić information content (AvgIpc) is 2.18. The van der Waals surface area contributed by atoms with Gasteiger partial charge >= 0.3 is 12.3 Å². The molecule has 0 aliphatic rings. The van der Waals surface area contributed by atoms with Crippen molar-refractivity contribution in [2.45, 2.75) is 6.18 Å². The minimum atomic E-state index is -4.54. The fourth-order valence-electron chi connectivity index (χ4n) is 0.758. The van der Waals surface area contributed by atoms with Gasteiger partial charge in [-0.1, -0.05) is 0 Å². The summed E-state index contributed by atoms with van der Waals surface area (Å²) in [5, 5.41) is 2.06. The summed E-state index contributed by atoms with van der Waals surface area (Å²) in [5.41, 5.74) is 0. The molecule has 8 heteroatoms. The number of pyridine rings is 1. The zero-order valence-electron chi connectivity index (χ0n) is 7.71. The molecule has 0 aliphatic heterocycles. The molecule has 0 aliphatic carbocycles. The average molecular weight is 299 g/mol. The summed E-state index contributed by atoms with van der Waals surface area (Å²) < 4.78 is 39.5. The van der Waals surface area contributed by atoms with Gasteiger partial charge in [0, 0.05) is 6.20 Å². The molecule has 0 spiro atoms. The third-order valence-electron chi connectivity index (χ3n) is 1.35. The molecule has 88 valence electrons. The monoisotopic (exact) mass is 298 g/mol. The van der Waals surface area contributed by atoms with Crippen LogP contribution in [0.25, 0.3) is 0 Å². The number of aromatic nitrogens is 1. The summed E-state index contributed by atoms with van der Waals surface area (Å²) >= 11 is 3.06. The van der Waals surface area contributed by atoms with E-state index in [-0.39, 0.29) is 5.82 Å². The number of hydrogen-bond donors (Lipinski definition) is 1. The van der Waals surface area contributed by atoms with E-state index in [9.17, 15) is 18.0 Å². The summed E-state index contributed by atoms with van der Waals surface area (Å²) in [6.45, 7) is -1.64.